The van der Waals surface area contributed by atoms with Crippen LogP contribution in [-0.4, -0.2) is 42.9 Å². The first-order valence-electron chi connectivity index (χ1n) is 8.29. The Morgan fingerprint density at radius 1 is 1.22 bits per heavy atom. The molecule has 0 bridgehead atoms. The topological polar surface area (TPSA) is 85.4 Å². The zero-order chi connectivity index (χ0) is 17.5. The molecule has 1 aliphatic heterocycles. The van der Waals surface area contributed by atoms with Crippen LogP contribution in [0, 0.1) is 5.41 Å². The number of hydrogen-bond donors (Lipinski definition) is 2. The van der Waals surface area contributed by atoms with Crippen molar-refractivity contribution in [1.29, 1.82) is 0 Å². The van der Waals surface area contributed by atoms with Gasteiger partial charge in [-0.05, 0) is 44.1 Å². The monoisotopic (exact) mass is 414 g/mol. The van der Waals surface area contributed by atoms with Gasteiger partial charge in [0, 0.05) is 31.1 Å². The van der Waals surface area contributed by atoms with Gasteiger partial charge < -0.3 is 20.1 Å². The molecule has 3 rings (SSSR count). The van der Waals surface area contributed by atoms with Gasteiger partial charge in [0.15, 0.2) is 0 Å². The normalized spacial score (nSPS) is 15.0. The third kappa shape index (κ3) is 6.04. The minimum atomic E-state index is -0.498. The Hall–Kier alpha value is -1.93. The molecule has 0 radical (unpaired) electrons. The number of halogens is 2. The predicted octanol–water partition coefficient (Wildman–Crippen LogP) is 3.07. The second-order valence-electron chi connectivity index (χ2n) is 6.11. The van der Waals surface area contributed by atoms with Gasteiger partial charge in [0.25, 0.3) is 0 Å². The summed E-state index contributed by atoms with van der Waals surface area (Å²) in [6, 6.07) is 10.7. The maximum atomic E-state index is 12.9. The molecule has 148 valence electrons. The Bertz CT molecular complexity index is 707. The first-order valence-corrected chi connectivity index (χ1v) is 8.29. The van der Waals surface area contributed by atoms with Gasteiger partial charge in [-0.25, -0.2) is 0 Å². The highest BCUT2D eigenvalue weighted by molar-refractivity contribution is 5.95. The highest BCUT2D eigenvalue weighted by Crippen LogP contribution is 2.31. The van der Waals surface area contributed by atoms with Crippen molar-refractivity contribution in [3.63, 3.8) is 0 Å². The minimum Gasteiger partial charge on any atom is -0.437 e. The molecule has 0 saturated carbocycles. The van der Waals surface area contributed by atoms with Gasteiger partial charge in [-0.15, -0.1) is 29.9 Å². The highest BCUT2D eigenvalue weighted by Gasteiger charge is 2.39. The van der Waals surface area contributed by atoms with Crippen LogP contribution in [0.5, 0.6) is 11.6 Å². The quantitative estimate of drug-likeness (QED) is 0.755. The number of ether oxygens (including phenoxy) is 2. The third-order valence-electron chi connectivity index (χ3n) is 4.33. The van der Waals surface area contributed by atoms with E-state index in [0.29, 0.717) is 23.9 Å². The van der Waals surface area contributed by atoms with Crippen molar-refractivity contribution >= 4 is 36.4 Å². The number of carbonyl (C=O) groups is 1. The van der Waals surface area contributed by atoms with E-state index >= 15 is 0 Å². The smallest absolute Gasteiger partial charge is 0.238 e. The van der Waals surface area contributed by atoms with Crippen LogP contribution in [-0.2, 0) is 9.53 Å². The molecule has 2 aromatic rings. The highest BCUT2D eigenvalue weighted by atomic mass is 35.5. The van der Waals surface area contributed by atoms with Crippen LogP contribution >= 0.6 is 24.8 Å². The molecule has 1 saturated heterocycles. The minimum absolute atomic E-state index is 0. The molecule has 9 heteroatoms. The SMILES string of the molecule is COCC1(C(=O)Nc2cccc(Oc3cccnn3)c2)CCNCC1.Cl.Cl. The van der Waals surface area contributed by atoms with Crippen LogP contribution in [0.3, 0.4) is 0 Å². The van der Waals surface area contributed by atoms with Crippen LogP contribution in [0.2, 0.25) is 0 Å². The van der Waals surface area contributed by atoms with E-state index in [1.54, 1.807) is 37.6 Å². The summed E-state index contributed by atoms with van der Waals surface area (Å²) in [7, 11) is 1.63. The molecular weight excluding hydrogens is 391 g/mol. The number of methoxy groups -OCH3 is 1. The Morgan fingerprint density at radius 2 is 2.00 bits per heavy atom. The molecule has 2 N–H and O–H groups in total. The fraction of sp³-hybridized carbons (Fsp3) is 0.389. The number of anilines is 1. The summed E-state index contributed by atoms with van der Waals surface area (Å²) in [5.74, 6) is 0.970. The molecule has 0 unspecified atom stereocenters. The van der Waals surface area contributed by atoms with E-state index < -0.39 is 5.41 Å². The number of aromatic nitrogens is 2. The molecule has 0 atom stereocenters. The number of nitrogens with one attached hydrogen (secondary N) is 2. The first kappa shape index (κ1) is 23.1. The first-order chi connectivity index (χ1) is 12.2. The van der Waals surface area contributed by atoms with Crippen molar-refractivity contribution in [3.05, 3.63) is 42.6 Å². The molecule has 1 aromatic heterocycles. The molecule has 0 spiro atoms. The van der Waals surface area contributed by atoms with Gasteiger partial charge in [0.2, 0.25) is 11.8 Å². The average Bonchev–Trinajstić information content (AvgIpc) is 2.64. The van der Waals surface area contributed by atoms with E-state index in [1.165, 1.54) is 0 Å². The van der Waals surface area contributed by atoms with Crippen LogP contribution in [0.4, 0.5) is 5.69 Å². The number of benzene rings is 1. The summed E-state index contributed by atoms with van der Waals surface area (Å²) in [4.78, 5) is 12.9. The van der Waals surface area contributed by atoms with E-state index in [-0.39, 0.29) is 30.7 Å². The van der Waals surface area contributed by atoms with Crippen molar-refractivity contribution in [3.8, 4) is 11.6 Å². The van der Waals surface area contributed by atoms with Crippen LogP contribution in [0.1, 0.15) is 12.8 Å². The molecule has 7 nitrogen and oxygen atoms in total. The summed E-state index contributed by atoms with van der Waals surface area (Å²) in [5.41, 5.74) is 0.183. The summed E-state index contributed by atoms with van der Waals surface area (Å²) >= 11 is 0. The number of hydrogen-bond acceptors (Lipinski definition) is 6. The van der Waals surface area contributed by atoms with Crippen LogP contribution in [0.25, 0.3) is 0 Å². The van der Waals surface area contributed by atoms with Crippen molar-refractivity contribution < 1.29 is 14.3 Å². The standard InChI is InChI=1S/C18H22N4O3.2ClH/c1-24-13-18(7-10-19-11-8-18)17(23)21-14-4-2-5-15(12-14)25-16-6-3-9-20-22-16;;/h2-6,9,12,19H,7-8,10-11,13H2,1H3,(H,21,23);2*1H. The molecule has 1 aromatic carbocycles. The third-order valence-corrected chi connectivity index (χ3v) is 4.33. The molecule has 1 fully saturated rings. The molecule has 1 aliphatic rings. The Morgan fingerprint density at radius 3 is 2.67 bits per heavy atom. The lowest BCUT2D eigenvalue weighted by atomic mass is 9.78. The molecule has 27 heavy (non-hydrogen) atoms. The maximum absolute atomic E-state index is 12.9. The van der Waals surface area contributed by atoms with E-state index in [0.717, 1.165) is 25.9 Å². The molecular formula is C18H24Cl2N4O3. The van der Waals surface area contributed by atoms with E-state index in [2.05, 4.69) is 20.8 Å². The van der Waals surface area contributed by atoms with E-state index in [4.69, 9.17) is 9.47 Å². The van der Waals surface area contributed by atoms with Gasteiger partial charge in [-0.3, -0.25) is 4.79 Å². The summed E-state index contributed by atoms with van der Waals surface area (Å²) in [6.07, 6.45) is 3.09. The second-order valence-corrected chi connectivity index (χ2v) is 6.11. The van der Waals surface area contributed by atoms with Crippen molar-refractivity contribution in [2.45, 2.75) is 12.8 Å². The van der Waals surface area contributed by atoms with E-state index in [1.807, 2.05) is 12.1 Å². The fourth-order valence-electron chi connectivity index (χ4n) is 2.98. The van der Waals surface area contributed by atoms with Crippen LogP contribution in [0.15, 0.2) is 42.6 Å². The predicted molar refractivity (Wildman–Crippen MR) is 108 cm³/mol. The number of amides is 1. The number of nitrogens with zero attached hydrogens (tertiary/aromatic N) is 2. The lowest BCUT2D eigenvalue weighted by Crippen LogP contribution is -2.47. The Balaban J connectivity index is 0.00000182. The molecule has 2 heterocycles. The second kappa shape index (κ2) is 11.0. The largest absolute Gasteiger partial charge is 0.437 e. The number of piperidine rings is 1. The Labute approximate surface area is 171 Å². The lowest BCUT2D eigenvalue weighted by molar-refractivity contribution is -0.130. The lowest BCUT2D eigenvalue weighted by Gasteiger charge is -2.35. The van der Waals surface area contributed by atoms with E-state index in [9.17, 15) is 4.79 Å². The molecule has 0 aliphatic carbocycles. The zero-order valence-electron chi connectivity index (χ0n) is 15.0. The molecule has 1 amide bonds. The van der Waals surface area contributed by atoms with Gasteiger partial charge in [0.1, 0.15) is 5.75 Å². The summed E-state index contributed by atoms with van der Waals surface area (Å²) < 4.78 is 11.0. The van der Waals surface area contributed by atoms with Crippen molar-refractivity contribution in [2.75, 3.05) is 32.1 Å². The maximum Gasteiger partial charge on any atom is 0.238 e. The van der Waals surface area contributed by atoms with Gasteiger partial charge >= 0.3 is 0 Å². The average molecular weight is 415 g/mol. The summed E-state index contributed by atoms with van der Waals surface area (Å²) in [5, 5.41) is 14.0. The number of rotatable bonds is 6. The van der Waals surface area contributed by atoms with Gasteiger partial charge in [-0.1, -0.05) is 6.07 Å². The van der Waals surface area contributed by atoms with Crippen molar-refractivity contribution in [2.24, 2.45) is 5.41 Å². The number of carbonyl (C=O) groups excluding carboxylic acids is 1. The van der Waals surface area contributed by atoms with Gasteiger partial charge in [0.05, 0.1) is 12.0 Å². The zero-order valence-corrected chi connectivity index (χ0v) is 16.6. The van der Waals surface area contributed by atoms with Crippen LogP contribution < -0.4 is 15.4 Å². The van der Waals surface area contributed by atoms with Gasteiger partial charge in [-0.2, -0.15) is 5.10 Å². The summed E-state index contributed by atoms with van der Waals surface area (Å²) in [6.45, 7) is 2.04. The van der Waals surface area contributed by atoms with Crippen molar-refractivity contribution in [1.82, 2.24) is 15.5 Å². The fourth-order valence-corrected chi connectivity index (χ4v) is 2.98. The Kier molecular flexibility index (Phi) is 9.45.